The first-order valence-corrected chi connectivity index (χ1v) is 8.39. The predicted octanol–water partition coefficient (Wildman–Crippen LogP) is 2.32. The van der Waals surface area contributed by atoms with E-state index < -0.39 is 0 Å². The average molecular weight is 340 g/mol. The lowest BCUT2D eigenvalue weighted by molar-refractivity contribution is 0.321. The first-order chi connectivity index (χ1) is 12.0. The molecule has 0 saturated carbocycles. The van der Waals surface area contributed by atoms with Gasteiger partial charge in [0.25, 0.3) is 5.56 Å². The molecule has 25 heavy (non-hydrogen) atoms. The minimum atomic E-state index is -0.0488. The molecule has 0 radical (unpaired) electrons. The van der Waals surface area contributed by atoms with Gasteiger partial charge in [0.15, 0.2) is 5.65 Å². The van der Waals surface area contributed by atoms with Crippen LogP contribution in [0.1, 0.15) is 22.5 Å². The van der Waals surface area contributed by atoms with E-state index in [0.717, 1.165) is 29.2 Å². The molecule has 0 amide bonds. The average Bonchev–Trinajstić information content (AvgIpc) is 2.88. The van der Waals surface area contributed by atoms with E-state index in [1.165, 1.54) is 0 Å². The maximum atomic E-state index is 12.9. The van der Waals surface area contributed by atoms with Crippen LogP contribution >= 0.6 is 0 Å². The molecule has 0 aliphatic rings. The maximum absolute atomic E-state index is 12.9. The molecule has 132 valence electrons. The maximum Gasteiger partial charge on any atom is 0.276 e. The molecular formula is C19H24N4O2. The van der Waals surface area contributed by atoms with Crippen LogP contribution in [-0.4, -0.2) is 40.2 Å². The highest BCUT2D eigenvalue weighted by atomic mass is 16.5. The van der Waals surface area contributed by atoms with Gasteiger partial charge < -0.3 is 9.64 Å². The molecule has 0 aliphatic heterocycles. The van der Waals surface area contributed by atoms with E-state index in [-0.39, 0.29) is 5.56 Å². The molecule has 1 N–H and O–H groups in total. The number of para-hydroxylation sites is 1. The van der Waals surface area contributed by atoms with E-state index in [9.17, 15) is 4.79 Å². The van der Waals surface area contributed by atoms with Crippen molar-refractivity contribution in [3.8, 4) is 5.75 Å². The monoisotopic (exact) mass is 340 g/mol. The number of aryl methyl sites for hydroxylation is 2. The summed E-state index contributed by atoms with van der Waals surface area (Å²) < 4.78 is 7.28. The molecule has 2 aromatic heterocycles. The minimum Gasteiger partial charge on any atom is -0.493 e. The van der Waals surface area contributed by atoms with Crippen molar-refractivity contribution in [3.63, 3.8) is 0 Å². The van der Waals surface area contributed by atoms with E-state index >= 15 is 0 Å². The van der Waals surface area contributed by atoms with E-state index in [2.05, 4.69) is 15.0 Å². The summed E-state index contributed by atoms with van der Waals surface area (Å²) in [5, 5.41) is 3.15. The normalized spacial score (nSPS) is 11.4. The molecule has 6 nitrogen and oxygen atoms in total. The van der Waals surface area contributed by atoms with Crippen LogP contribution in [0.2, 0.25) is 0 Å². The van der Waals surface area contributed by atoms with Crippen LogP contribution in [0.4, 0.5) is 0 Å². The van der Waals surface area contributed by atoms with Crippen LogP contribution in [0, 0.1) is 13.8 Å². The standard InChI is InChI=1S/C19H24N4O2/c1-13-16(10-11-25-15-8-6-5-7-9-15)19(24)23-18(20-13)17(12-22(3)4)14(2)21-23/h5-9,21H,10-12H2,1-4H3. The number of hydrogen-bond donors (Lipinski definition) is 1. The molecule has 0 atom stereocenters. The fourth-order valence-corrected chi connectivity index (χ4v) is 2.95. The van der Waals surface area contributed by atoms with Gasteiger partial charge in [-0.25, -0.2) is 9.50 Å². The summed E-state index contributed by atoms with van der Waals surface area (Å²) >= 11 is 0. The summed E-state index contributed by atoms with van der Waals surface area (Å²) in [7, 11) is 4.01. The lowest BCUT2D eigenvalue weighted by Gasteiger charge is -2.10. The second-order valence-corrected chi connectivity index (χ2v) is 6.50. The Morgan fingerprint density at radius 2 is 1.88 bits per heavy atom. The third-order valence-corrected chi connectivity index (χ3v) is 4.22. The van der Waals surface area contributed by atoms with E-state index in [4.69, 9.17) is 4.74 Å². The Kier molecular flexibility index (Phi) is 4.90. The summed E-state index contributed by atoms with van der Waals surface area (Å²) in [6.45, 7) is 5.04. The molecule has 0 spiro atoms. The molecule has 0 unspecified atom stereocenters. The minimum absolute atomic E-state index is 0.0488. The zero-order valence-corrected chi connectivity index (χ0v) is 15.2. The van der Waals surface area contributed by atoms with Crippen LogP contribution < -0.4 is 10.3 Å². The van der Waals surface area contributed by atoms with Gasteiger partial charge in [0, 0.05) is 35.5 Å². The van der Waals surface area contributed by atoms with Gasteiger partial charge in [0.1, 0.15) is 5.75 Å². The molecule has 0 saturated heterocycles. The van der Waals surface area contributed by atoms with Crippen molar-refractivity contribution >= 4 is 5.65 Å². The Labute approximate surface area is 147 Å². The van der Waals surface area contributed by atoms with E-state index in [1.54, 1.807) is 4.52 Å². The molecule has 3 rings (SSSR count). The van der Waals surface area contributed by atoms with Crippen LogP contribution in [0.25, 0.3) is 5.65 Å². The number of aromatic amines is 1. The molecule has 3 aromatic rings. The number of H-pyrrole nitrogens is 1. The first kappa shape index (κ1) is 17.2. The van der Waals surface area contributed by atoms with Crippen molar-refractivity contribution in [1.82, 2.24) is 19.5 Å². The summed E-state index contributed by atoms with van der Waals surface area (Å²) in [6.07, 6.45) is 0.524. The Morgan fingerprint density at radius 3 is 2.56 bits per heavy atom. The van der Waals surface area contributed by atoms with Crippen molar-refractivity contribution in [2.45, 2.75) is 26.8 Å². The summed E-state index contributed by atoms with van der Waals surface area (Å²) in [5.74, 6) is 0.804. The number of hydrogen-bond acceptors (Lipinski definition) is 4. The van der Waals surface area contributed by atoms with E-state index in [0.29, 0.717) is 24.2 Å². The molecule has 6 heteroatoms. The lowest BCUT2D eigenvalue weighted by atomic mass is 10.1. The van der Waals surface area contributed by atoms with Gasteiger partial charge in [-0.3, -0.25) is 9.89 Å². The lowest BCUT2D eigenvalue weighted by Crippen LogP contribution is -2.24. The largest absolute Gasteiger partial charge is 0.493 e. The number of aromatic nitrogens is 3. The second-order valence-electron chi connectivity index (χ2n) is 6.50. The number of ether oxygens (including phenoxy) is 1. The summed E-state index contributed by atoms with van der Waals surface area (Å²) in [4.78, 5) is 19.6. The van der Waals surface area contributed by atoms with Gasteiger partial charge in [0.05, 0.1) is 6.61 Å². The van der Waals surface area contributed by atoms with Crippen molar-refractivity contribution < 1.29 is 4.74 Å². The highest BCUT2D eigenvalue weighted by Crippen LogP contribution is 2.15. The SMILES string of the molecule is Cc1nc2c(CN(C)C)c(C)[nH]n2c(=O)c1CCOc1ccccc1. The predicted molar refractivity (Wildman–Crippen MR) is 98.3 cm³/mol. The third kappa shape index (κ3) is 3.58. The fraction of sp³-hybridized carbons (Fsp3) is 0.368. The van der Waals surface area contributed by atoms with Gasteiger partial charge in [-0.1, -0.05) is 18.2 Å². The molecule has 0 aliphatic carbocycles. The number of benzene rings is 1. The molecular weight excluding hydrogens is 316 g/mol. The van der Waals surface area contributed by atoms with Crippen LogP contribution in [0.5, 0.6) is 5.75 Å². The van der Waals surface area contributed by atoms with Crippen molar-refractivity contribution in [2.75, 3.05) is 20.7 Å². The summed E-state index contributed by atoms with van der Waals surface area (Å²) in [6, 6.07) is 9.61. The van der Waals surface area contributed by atoms with Crippen LogP contribution in [0.15, 0.2) is 35.1 Å². The number of nitrogens with one attached hydrogen (secondary N) is 1. The number of rotatable bonds is 6. The smallest absolute Gasteiger partial charge is 0.276 e. The zero-order valence-electron chi connectivity index (χ0n) is 15.2. The van der Waals surface area contributed by atoms with Gasteiger partial charge in [-0.15, -0.1) is 0 Å². The van der Waals surface area contributed by atoms with Gasteiger partial charge >= 0.3 is 0 Å². The fourth-order valence-electron chi connectivity index (χ4n) is 2.95. The Balaban J connectivity index is 1.88. The molecule has 2 heterocycles. The topological polar surface area (TPSA) is 62.6 Å². The van der Waals surface area contributed by atoms with Gasteiger partial charge in [-0.05, 0) is 40.1 Å². The Bertz CT molecular complexity index is 926. The Morgan fingerprint density at radius 1 is 1.16 bits per heavy atom. The highest BCUT2D eigenvalue weighted by molar-refractivity contribution is 5.51. The number of nitrogens with zero attached hydrogens (tertiary/aromatic N) is 3. The quantitative estimate of drug-likeness (QED) is 0.748. The molecule has 0 bridgehead atoms. The molecule has 1 aromatic carbocycles. The third-order valence-electron chi connectivity index (χ3n) is 4.22. The van der Waals surface area contributed by atoms with E-state index in [1.807, 2.05) is 58.3 Å². The second kappa shape index (κ2) is 7.11. The Hall–Kier alpha value is -2.60. The van der Waals surface area contributed by atoms with Gasteiger partial charge in [0.2, 0.25) is 0 Å². The van der Waals surface area contributed by atoms with Crippen LogP contribution in [0.3, 0.4) is 0 Å². The first-order valence-electron chi connectivity index (χ1n) is 8.39. The van der Waals surface area contributed by atoms with Crippen molar-refractivity contribution in [1.29, 1.82) is 0 Å². The molecule has 0 fully saturated rings. The van der Waals surface area contributed by atoms with Crippen molar-refractivity contribution in [3.05, 3.63) is 63.2 Å². The summed E-state index contributed by atoms with van der Waals surface area (Å²) in [5.41, 5.74) is 4.13. The highest BCUT2D eigenvalue weighted by Gasteiger charge is 2.16. The number of fused-ring (bicyclic) bond motifs is 1. The van der Waals surface area contributed by atoms with Crippen molar-refractivity contribution in [2.24, 2.45) is 0 Å². The van der Waals surface area contributed by atoms with Crippen LogP contribution in [-0.2, 0) is 13.0 Å². The van der Waals surface area contributed by atoms with Gasteiger partial charge in [-0.2, -0.15) is 0 Å². The zero-order chi connectivity index (χ0) is 18.0.